The van der Waals surface area contributed by atoms with E-state index < -0.39 is 0 Å². The van der Waals surface area contributed by atoms with Crippen molar-refractivity contribution < 1.29 is 9.53 Å². The highest BCUT2D eigenvalue weighted by Crippen LogP contribution is 2.14. The van der Waals surface area contributed by atoms with Gasteiger partial charge in [-0.3, -0.25) is 5.43 Å². The number of hydrazone groups is 1. The van der Waals surface area contributed by atoms with Crippen LogP contribution >= 0.6 is 11.3 Å². The van der Waals surface area contributed by atoms with Crippen LogP contribution in [0.25, 0.3) is 0 Å². The average Bonchev–Trinajstić information content (AvgIpc) is 2.85. The molecule has 0 fully saturated rings. The molecule has 0 radical (unpaired) electrons. The summed E-state index contributed by atoms with van der Waals surface area (Å²) in [5.41, 5.74) is 5.24. The Morgan fingerprint density at radius 1 is 1.45 bits per heavy atom. The van der Waals surface area contributed by atoms with Crippen LogP contribution < -0.4 is 5.43 Å². The highest BCUT2D eigenvalue weighted by molar-refractivity contribution is 7.13. The van der Waals surface area contributed by atoms with Gasteiger partial charge in [0.15, 0.2) is 0 Å². The first-order chi connectivity index (χ1) is 9.69. The summed E-state index contributed by atoms with van der Waals surface area (Å²) in [5, 5.41) is 6.79. The number of anilines is 1. The summed E-state index contributed by atoms with van der Waals surface area (Å²) in [6.45, 7) is 4.09. The van der Waals surface area contributed by atoms with Gasteiger partial charge in [-0.2, -0.15) is 5.10 Å². The van der Waals surface area contributed by atoms with Crippen molar-refractivity contribution >= 4 is 28.7 Å². The molecule has 0 saturated carbocycles. The van der Waals surface area contributed by atoms with E-state index in [9.17, 15) is 4.79 Å². The molecule has 6 heteroatoms. The zero-order valence-electron chi connectivity index (χ0n) is 11.3. The van der Waals surface area contributed by atoms with Crippen LogP contribution in [0.3, 0.4) is 0 Å². The molecule has 1 heterocycles. The standard InChI is InChI=1S/C14H15N3O2S/c1-3-19-13(18)12-6-4-11(5-7-12)8-15-17-14-16-10(2)9-20-14/h4-9H,3H2,1-2H3,(H,16,17)/b15-8+. The van der Waals surface area contributed by atoms with Gasteiger partial charge in [0, 0.05) is 5.38 Å². The van der Waals surface area contributed by atoms with Crippen LogP contribution in [0.15, 0.2) is 34.7 Å². The molecule has 20 heavy (non-hydrogen) atoms. The van der Waals surface area contributed by atoms with E-state index in [1.165, 1.54) is 11.3 Å². The minimum atomic E-state index is -0.313. The molecule has 0 aliphatic carbocycles. The van der Waals surface area contributed by atoms with Crippen molar-refractivity contribution in [3.8, 4) is 0 Å². The normalized spacial score (nSPS) is 10.7. The Balaban J connectivity index is 1.94. The molecule has 1 N–H and O–H groups in total. The van der Waals surface area contributed by atoms with Crippen LogP contribution in [-0.4, -0.2) is 23.8 Å². The molecule has 0 saturated heterocycles. The topological polar surface area (TPSA) is 63.6 Å². The summed E-state index contributed by atoms with van der Waals surface area (Å²) in [6.07, 6.45) is 1.67. The quantitative estimate of drug-likeness (QED) is 0.522. The molecule has 0 spiro atoms. The first kappa shape index (κ1) is 14.2. The number of carbonyl (C=O) groups is 1. The van der Waals surface area contributed by atoms with Gasteiger partial charge >= 0.3 is 5.97 Å². The van der Waals surface area contributed by atoms with Crippen molar-refractivity contribution in [2.75, 3.05) is 12.0 Å². The molecular weight excluding hydrogens is 274 g/mol. The lowest BCUT2D eigenvalue weighted by atomic mass is 10.1. The zero-order chi connectivity index (χ0) is 14.4. The first-order valence-corrected chi connectivity index (χ1v) is 7.05. The van der Waals surface area contributed by atoms with E-state index in [2.05, 4.69) is 15.5 Å². The lowest BCUT2D eigenvalue weighted by Gasteiger charge is -2.01. The molecule has 0 atom stereocenters. The number of rotatable bonds is 5. The number of hydrogen-bond acceptors (Lipinski definition) is 6. The van der Waals surface area contributed by atoms with Gasteiger partial charge in [0.1, 0.15) is 0 Å². The highest BCUT2D eigenvalue weighted by Gasteiger charge is 2.04. The Labute approximate surface area is 121 Å². The number of aryl methyl sites for hydroxylation is 1. The van der Waals surface area contributed by atoms with Crippen molar-refractivity contribution in [2.45, 2.75) is 13.8 Å². The lowest BCUT2D eigenvalue weighted by Crippen LogP contribution is -2.04. The Hall–Kier alpha value is -2.21. The van der Waals surface area contributed by atoms with Gasteiger partial charge in [-0.25, -0.2) is 9.78 Å². The smallest absolute Gasteiger partial charge is 0.338 e. The van der Waals surface area contributed by atoms with Gasteiger partial charge in [-0.05, 0) is 31.5 Å². The van der Waals surface area contributed by atoms with E-state index in [1.807, 2.05) is 24.4 Å². The SMILES string of the molecule is CCOC(=O)c1ccc(/C=N/Nc2nc(C)cs2)cc1. The average molecular weight is 289 g/mol. The van der Waals surface area contributed by atoms with Crippen LogP contribution in [0, 0.1) is 6.92 Å². The van der Waals surface area contributed by atoms with Crippen LogP contribution in [0.4, 0.5) is 5.13 Å². The number of benzene rings is 1. The zero-order valence-corrected chi connectivity index (χ0v) is 12.1. The third-order valence-electron chi connectivity index (χ3n) is 2.41. The van der Waals surface area contributed by atoms with E-state index >= 15 is 0 Å². The maximum Gasteiger partial charge on any atom is 0.338 e. The van der Waals surface area contributed by atoms with E-state index in [1.54, 1.807) is 25.3 Å². The molecule has 5 nitrogen and oxygen atoms in total. The van der Waals surface area contributed by atoms with Crippen molar-refractivity contribution in [1.29, 1.82) is 0 Å². The van der Waals surface area contributed by atoms with Crippen molar-refractivity contribution in [1.82, 2.24) is 4.98 Å². The summed E-state index contributed by atoms with van der Waals surface area (Å²) in [5.74, 6) is -0.313. The fraction of sp³-hybridized carbons (Fsp3) is 0.214. The number of nitrogens with zero attached hydrogens (tertiary/aromatic N) is 2. The molecular formula is C14H15N3O2S. The van der Waals surface area contributed by atoms with Gasteiger partial charge in [0.25, 0.3) is 0 Å². The lowest BCUT2D eigenvalue weighted by molar-refractivity contribution is 0.0526. The number of nitrogens with one attached hydrogen (secondary N) is 1. The van der Waals surface area contributed by atoms with Crippen molar-refractivity contribution in [3.63, 3.8) is 0 Å². The maximum absolute atomic E-state index is 11.5. The third kappa shape index (κ3) is 3.89. The van der Waals surface area contributed by atoms with Gasteiger partial charge in [-0.15, -0.1) is 11.3 Å². The summed E-state index contributed by atoms with van der Waals surface area (Å²) < 4.78 is 4.92. The minimum Gasteiger partial charge on any atom is -0.462 e. The van der Waals surface area contributed by atoms with E-state index in [0.29, 0.717) is 12.2 Å². The second-order valence-electron chi connectivity index (χ2n) is 4.01. The maximum atomic E-state index is 11.5. The molecule has 0 aliphatic heterocycles. The number of esters is 1. The van der Waals surface area contributed by atoms with Gasteiger partial charge < -0.3 is 4.74 Å². The van der Waals surface area contributed by atoms with Gasteiger partial charge in [0.2, 0.25) is 5.13 Å². The molecule has 0 amide bonds. The molecule has 1 aromatic heterocycles. The predicted octanol–water partition coefficient (Wildman–Crippen LogP) is 3.07. The van der Waals surface area contributed by atoms with Crippen molar-refractivity contribution in [2.24, 2.45) is 5.10 Å². The van der Waals surface area contributed by atoms with E-state index in [0.717, 1.165) is 16.4 Å². The Bertz CT molecular complexity index is 605. The number of ether oxygens (including phenoxy) is 1. The third-order valence-corrected chi connectivity index (χ3v) is 3.28. The molecule has 0 aliphatic rings. The predicted molar refractivity (Wildman–Crippen MR) is 80.5 cm³/mol. The van der Waals surface area contributed by atoms with Gasteiger partial charge in [0.05, 0.1) is 24.1 Å². The Morgan fingerprint density at radius 3 is 2.80 bits per heavy atom. The highest BCUT2D eigenvalue weighted by atomic mass is 32.1. The largest absolute Gasteiger partial charge is 0.462 e. The van der Waals surface area contributed by atoms with Gasteiger partial charge in [-0.1, -0.05) is 12.1 Å². The number of thiazole rings is 1. The number of carbonyl (C=O) groups excluding carboxylic acids is 1. The second kappa shape index (κ2) is 6.81. The molecule has 0 bridgehead atoms. The monoisotopic (exact) mass is 289 g/mol. The summed E-state index contributed by atoms with van der Waals surface area (Å²) >= 11 is 1.50. The first-order valence-electron chi connectivity index (χ1n) is 6.17. The van der Waals surface area contributed by atoms with Crippen molar-refractivity contribution in [3.05, 3.63) is 46.5 Å². The summed E-state index contributed by atoms with van der Waals surface area (Å²) in [6, 6.07) is 7.05. The molecule has 1 aromatic carbocycles. The fourth-order valence-corrected chi connectivity index (χ4v) is 2.12. The van der Waals surface area contributed by atoms with E-state index in [-0.39, 0.29) is 5.97 Å². The second-order valence-corrected chi connectivity index (χ2v) is 4.86. The van der Waals surface area contributed by atoms with E-state index in [4.69, 9.17) is 4.74 Å². The van der Waals surface area contributed by atoms with Crippen LogP contribution in [0.2, 0.25) is 0 Å². The fourth-order valence-electron chi connectivity index (χ4n) is 1.49. The minimum absolute atomic E-state index is 0.313. The molecule has 2 rings (SSSR count). The van der Waals surface area contributed by atoms with Crippen LogP contribution in [0.1, 0.15) is 28.5 Å². The number of hydrogen-bond donors (Lipinski definition) is 1. The summed E-state index contributed by atoms with van der Waals surface area (Å²) in [7, 11) is 0. The number of aromatic nitrogens is 1. The Morgan fingerprint density at radius 2 is 2.20 bits per heavy atom. The van der Waals surface area contributed by atoms with Crippen LogP contribution in [-0.2, 0) is 4.74 Å². The van der Waals surface area contributed by atoms with Crippen LogP contribution in [0.5, 0.6) is 0 Å². The molecule has 2 aromatic rings. The summed E-state index contributed by atoms with van der Waals surface area (Å²) in [4.78, 5) is 15.7. The molecule has 0 unspecified atom stereocenters. The Kier molecular flexibility index (Phi) is 4.84. The molecule has 104 valence electrons.